The maximum absolute atomic E-state index is 10.8. The van der Waals surface area contributed by atoms with Crippen molar-refractivity contribution in [3.8, 4) is 17.2 Å². The molecule has 3 rings (SSSR count). The summed E-state index contributed by atoms with van der Waals surface area (Å²) in [7, 11) is 0. The minimum Gasteiger partial charge on any atom is -0.478 e. The van der Waals surface area contributed by atoms with Gasteiger partial charge in [-0.3, -0.25) is 0 Å². The fraction of sp³-hybridized carbons (Fsp3) is 0.286. The highest BCUT2D eigenvalue weighted by Gasteiger charge is 2.23. The van der Waals surface area contributed by atoms with E-state index in [4.69, 9.17) is 14.3 Å². The molecule has 1 aliphatic rings. The number of hydrogen-bond acceptors (Lipinski definition) is 4. The summed E-state index contributed by atoms with van der Waals surface area (Å²) < 4.78 is 10.9. The minimum atomic E-state index is -1.01. The molecule has 0 amide bonds. The van der Waals surface area contributed by atoms with E-state index in [2.05, 4.69) is 4.98 Å². The fourth-order valence-electron chi connectivity index (χ4n) is 1.76. The molecule has 2 aromatic rings. The van der Waals surface area contributed by atoms with E-state index in [9.17, 15) is 4.79 Å². The zero-order valence-corrected chi connectivity index (χ0v) is 10.2. The Morgan fingerprint density at radius 1 is 1.53 bits per heavy atom. The lowest BCUT2D eigenvalue weighted by molar-refractivity contribution is 0.0696. The van der Waals surface area contributed by atoms with Gasteiger partial charge in [-0.25, -0.2) is 9.78 Å². The number of nitrogens with zero attached hydrogens (tertiary/aromatic N) is 1. The first kappa shape index (κ1) is 11.8. The maximum atomic E-state index is 10.8. The zero-order chi connectivity index (χ0) is 13.2. The Morgan fingerprint density at radius 2 is 2.37 bits per heavy atom. The Kier molecular flexibility index (Phi) is 2.95. The van der Waals surface area contributed by atoms with Crippen molar-refractivity contribution in [1.29, 1.82) is 0 Å². The van der Waals surface area contributed by atoms with Gasteiger partial charge in [-0.1, -0.05) is 0 Å². The van der Waals surface area contributed by atoms with Gasteiger partial charge < -0.3 is 14.3 Å². The molecule has 5 nitrogen and oxygen atoms in total. The van der Waals surface area contributed by atoms with Crippen LogP contribution in [0.25, 0.3) is 11.3 Å². The first-order chi connectivity index (χ1) is 9.24. The van der Waals surface area contributed by atoms with E-state index in [1.54, 1.807) is 18.3 Å². The highest BCUT2D eigenvalue weighted by molar-refractivity contribution is 5.88. The van der Waals surface area contributed by atoms with E-state index in [0.29, 0.717) is 29.7 Å². The van der Waals surface area contributed by atoms with E-state index in [-0.39, 0.29) is 5.56 Å². The number of carboxylic acids is 1. The molecule has 5 heteroatoms. The minimum absolute atomic E-state index is 0.118. The number of furan rings is 1. The molecule has 1 fully saturated rings. The van der Waals surface area contributed by atoms with Crippen LogP contribution in [-0.2, 0) is 0 Å². The van der Waals surface area contributed by atoms with Gasteiger partial charge in [0.2, 0.25) is 5.88 Å². The van der Waals surface area contributed by atoms with Crippen LogP contribution in [0, 0.1) is 5.92 Å². The van der Waals surface area contributed by atoms with Gasteiger partial charge in [-0.15, -0.1) is 0 Å². The number of carboxylic acid groups (broad SMARTS) is 1. The molecule has 98 valence electrons. The van der Waals surface area contributed by atoms with E-state index in [0.717, 1.165) is 0 Å². The average Bonchev–Trinajstić information content (AvgIpc) is 3.11. The van der Waals surface area contributed by atoms with Gasteiger partial charge in [0.15, 0.2) is 0 Å². The van der Waals surface area contributed by atoms with Crippen molar-refractivity contribution in [2.24, 2.45) is 5.92 Å². The third-order valence-electron chi connectivity index (χ3n) is 3.04. The van der Waals surface area contributed by atoms with E-state index >= 15 is 0 Å². The summed E-state index contributed by atoms with van der Waals surface area (Å²) in [6, 6.07) is 5.05. The van der Waals surface area contributed by atoms with Crippen LogP contribution >= 0.6 is 0 Å². The molecule has 1 aliphatic carbocycles. The number of hydrogen-bond donors (Lipinski definition) is 1. The Bertz CT molecular complexity index is 601. The molecular weight excluding hydrogens is 246 g/mol. The quantitative estimate of drug-likeness (QED) is 0.893. The molecule has 0 radical (unpaired) electrons. The van der Waals surface area contributed by atoms with E-state index in [1.165, 1.54) is 25.2 Å². The summed E-state index contributed by atoms with van der Waals surface area (Å²) in [4.78, 5) is 15.0. The Morgan fingerprint density at radius 3 is 3.05 bits per heavy atom. The van der Waals surface area contributed by atoms with Crippen molar-refractivity contribution in [2.45, 2.75) is 12.8 Å². The van der Waals surface area contributed by atoms with Crippen molar-refractivity contribution in [3.05, 3.63) is 36.2 Å². The second-order valence-electron chi connectivity index (χ2n) is 4.62. The normalized spacial score (nSPS) is 14.3. The topological polar surface area (TPSA) is 72.6 Å². The number of aromatic carboxylic acids is 1. The molecular formula is C14H13NO4. The highest BCUT2D eigenvalue weighted by Crippen LogP contribution is 2.33. The number of rotatable bonds is 5. The number of aromatic nitrogens is 1. The molecule has 0 spiro atoms. The first-order valence-electron chi connectivity index (χ1n) is 6.14. The van der Waals surface area contributed by atoms with Crippen LogP contribution < -0.4 is 4.74 Å². The Balaban J connectivity index is 1.86. The predicted molar refractivity (Wildman–Crippen MR) is 67.1 cm³/mol. The lowest BCUT2D eigenvalue weighted by Gasteiger charge is -2.07. The molecule has 2 aromatic heterocycles. The molecule has 19 heavy (non-hydrogen) atoms. The van der Waals surface area contributed by atoms with Crippen molar-refractivity contribution < 1.29 is 19.1 Å². The molecule has 0 saturated heterocycles. The van der Waals surface area contributed by atoms with Crippen molar-refractivity contribution >= 4 is 5.97 Å². The lowest BCUT2D eigenvalue weighted by Crippen LogP contribution is -2.01. The van der Waals surface area contributed by atoms with Crippen molar-refractivity contribution in [1.82, 2.24) is 4.98 Å². The van der Waals surface area contributed by atoms with Crippen LogP contribution in [0.5, 0.6) is 5.88 Å². The van der Waals surface area contributed by atoms with Gasteiger partial charge in [0.25, 0.3) is 0 Å². The van der Waals surface area contributed by atoms with Gasteiger partial charge >= 0.3 is 5.97 Å². The largest absolute Gasteiger partial charge is 0.478 e. The van der Waals surface area contributed by atoms with Gasteiger partial charge in [-0.2, -0.15) is 0 Å². The molecule has 2 heterocycles. The summed E-state index contributed by atoms with van der Waals surface area (Å²) in [5.41, 5.74) is 0.794. The maximum Gasteiger partial charge on any atom is 0.338 e. The van der Waals surface area contributed by atoms with Crippen LogP contribution in [0.4, 0.5) is 0 Å². The molecule has 1 N–H and O–H groups in total. The average molecular weight is 259 g/mol. The monoisotopic (exact) mass is 259 g/mol. The molecule has 0 bridgehead atoms. The van der Waals surface area contributed by atoms with Crippen LogP contribution in [0.1, 0.15) is 23.2 Å². The van der Waals surface area contributed by atoms with Crippen LogP contribution in [-0.4, -0.2) is 22.7 Å². The number of carbonyl (C=O) groups is 1. The smallest absolute Gasteiger partial charge is 0.338 e. The van der Waals surface area contributed by atoms with E-state index in [1.807, 2.05) is 0 Å². The second-order valence-corrected chi connectivity index (χ2v) is 4.62. The van der Waals surface area contributed by atoms with Crippen LogP contribution in [0.2, 0.25) is 0 Å². The second kappa shape index (κ2) is 4.76. The summed E-state index contributed by atoms with van der Waals surface area (Å²) in [6.45, 7) is 0.649. The zero-order valence-electron chi connectivity index (χ0n) is 10.2. The first-order valence-corrected chi connectivity index (χ1v) is 6.14. The molecule has 0 unspecified atom stereocenters. The standard InChI is InChI=1S/C14H13NO4/c16-14(17)10-6-12(18-8-10)11-2-1-5-15-13(11)19-7-9-3-4-9/h1-2,5-6,8-9H,3-4,7H2,(H,16,17). The molecule has 0 aliphatic heterocycles. The molecule has 1 saturated carbocycles. The van der Waals surface area contributed by atoms with Gasteiger partial charge in [0.1, 0.15) is 12.0 Å². The van der Waals surface area contributed by atoms with Gasteiger partial charge in [0, 0.05) is 6.20 Å². The molecule has 0 aromatic carbocycles. The number of ether oxygens (including phenoxy) is 1. The number of pyridine rings is 1. The van der Waals surface area contributed by atoms with Crippen LogP contribution in [0.15, 0.2) is 35.1 Å². The lowest BCUT2D eigenvalue weighted by atomic mass is 10.2. The molecule has 0 atom stereocenters. The highest BCUT2D eigenvalue weighted by atomic mass is 16.5. The van der Waals surface area contributed by atoms with E-state index < -0.39 is 5.97 Å². The third kappa shape index (κ3) is 2.59. The predicted octanol–water partition coefficient (Wildman–Crippen LogP) is 2.83. The van der Waals surface area contributed by atoms with Crippen LogP contribution in [0.3, 0.4) is 0 Å². The third-order valence-corrected chi connectivity index (χ3v) is 3.04. The summed E-state index contributed by atoms with van der Waals surface area (Å²) in [5.74, 6) is 0.553. The SMILES string of the molecule is O=C(O)c1coc(-c2cccnc2OCC2CC2)c1. The summed E-state index contributed by atoms with van der Waals surface area (Å²) in [6.07, 6.45) is 5.26. The van der Waals surface area contributed by atoms with Gasteiger partial charge in [-0.05, 0) is 37.0 Å². The summed E-state index contributed by atoms with van der Waals surface area (Å²) >= 11 is 0. The van der Waals surface area contributed by atoms with Crippen molar-refractivity contribution in [2.75, 3.05) is 6.61 Å². The van der Waals surface area contributed by atoms with Gasteiger partial charge in [0.05, 0.1) is 17.7 Å². The Labute approximate surface area is 109 Å². The fourth-order valence-corrected chi connectivity index (χ4v) is 1.76. The van der Waals surface area contributed by atoms with Crippen molar-refractivity contribution in [3.63, 3.8) is 0 Å². The summed E-state index contributed by atoms with van der Waals surface area (Å²) in [5, 5.41) is 8.89. The Hall–Kier alpha value is -2.30.